The minimum atomic E-state index is 0. The fourth-order valence-corrected chi connectivity index (χ4v) is 0. The molecule has 0 unspecified atom stereocenters. The van der Waals surface area contributed by atoms with Crippen molar-refractivity contribution in [3.05, 3.63) is 0 Å². The predicted octanol–water partition coefficient (Wildman–Crippen LogP) is 1.19. The van der Waals surface area contributed by atoms with Gasteiger partial charge in [0.2, 0.25) is 0 Å². The molecule has 0 aliphatic carbocycles. The van der Waals surface area contributed by atoms with Crippen LogP contribution in [0.4, 0.5) is 4.70 Å². The summed E-state index contributed by atoms with van der Waals surface area (Å²) in [6, 6.07) is 0. The first-order valence-corrected chi connectivity index (χ1v) is 1.80. The van der Waals surface area contributed by atoms with Gasteiger partial charge in [-0.3, -0.25) is 4.70 Å². The molecule has 0 aromatic carbocycles. The number of halogens is 1. The molecule has 0 aromatic heterocycles. The van der Waals surface area contributed by atoms with Gasteiger partial charge in [-0.2, -0.15) is 0 Å². The zero-order valence-corrected chi connectivity index (χ0v) is 4.39. The lowest BCUT2D eigenvalue weighted by molar-refractivity contribution is 0.134. The minimum Gasteiger partial charge on any atom is -0.382 e. The molecular formula is C4H11FO. The molecule has 1 nitrogen and oxygen atoms in total. The fourth-order valence-electron chi connectivity index (χ4n) is 0. The van der Waals surface area contributed by atoms with E-state index in [-0.39, 0.29) is 4.70 Å². The Morgan fingerprint density at radius 3 is 1.50 bits per heavy atom. The molecule has 0 radical (unpaired) electrons. The Hall–Kier alpha value is -0.110. The Labute approximate surface area is 37.7 Å². The fraction of sp³-hybridized carbons (Fsp3) is 1.00. The highest BCUT2D eigenvalue weighted by Crippen LogP contribution is 1.77. The maximum Gasteiger partial charge on any atom is 0.0515 e. The maximum absolute atomic E-state index is 4.75. The molecule has 0 rings (SSSR count). The lowest BCUT2D eigenvalue weighted by atomic mass is 10.5. The van der Waals surface area contributed by atoms with Crippen LogP contribution < -0.4 is 0 Å². The van der Waals surface area contributed by atoms with E-state index in [1.54, 1.807) is 7.11 Å². The van der Waals surface area contributed by atoms with Gasteiger partial charge in [0.1, 0.15) is 0 Å². The van der Waals surface area contributed by atoms with Crippen molar-refractivity contribution in [2.45, 2.75) is 20.0 Å². The van der Waals surface area contributed by atoms with Gasteiger partial charge in [0.05, 0.1) is 6.10 Å². The van der Waals surface area contributed by atoms with E-state index < -0.39 is 0 Å². The van der Waals surface area contributed by atoms with E-state index in [9.17, 15) is 0 Å². The highest BCUT2D eigenvalue weighted by atomic mass is 19.0. The summed E-state index contributed by atoms with van der Waals surface area (Å²) in [5.74, 6) is 0. The van der Waals surface area contributed by atoms with Crippen LogP contribution in [-0.4, -0.2) is 13.2 Å². The van der Waals surface area contributed by atoms with E-state index in [0.717, 1.165) is 0 Å². The second kappa shape index (κ2) is 4.89. The van der Waals surface area contributed by atoms with Crippen molar-refractivity contribution in [3.63, 3.8) is 0 Å². The minimum absolute atomic E-state index is 0. The summed E-state index contributed by atoms with van der Waals surface area (Å²) in [6.45, 7) is 4.00. The standard InChI is InChI=1S/C4H10O.FH/c1-4(2)5-3;/h4H,1-3H3;1H. The van der Waals surface area contributed by atoms with Gasteiger partial charge < -0.3 is 4.74 Å². The van der Waals surface area contributed by atoms with Gasteiger partial charge in [-0.25, -0.2) is 0 Å². The van der Waals surface area contributed by atoms with Crippen LogP contribution >= 0.6 is 0 Å². The van der Waals surface area contributed by atoms with Crippen LogP contribution in [-0.2, 0) is 4.74 Å². The maximum atomic E-state index is 4.75. The lowest BCUT2D eigenvalue weighted by Crippen LogP contribution is -1.94. The van der Waals surface area contributed by atoms with Gasteiger partial charge in [-0.05, 0) is 13.8 Å². The molecule has 0 spiro atoms. The summed E-state index contributed by atoms with van der Waals surface area (Å²) in [6.07, 6.45) is 0.384. The van der Waals surface area contributed by atoms with Crippen molar-refractivity contribution in [2.75, 3.05) is 7.11 Å². The molecule has 0 aliphatic rings. The van der Waals surface area contributed by atoms with Crippen LogP contribution in [0.2, 0.25) is 0 Å². The van der Waals surface area contributed by atoms with E-state index in [1.165, 1.54) is 0 Å². The van der Waals surface area contributed by atoms with Gasteiger partial charge in [0.25, 0.3) is 0 Å². The summed E-state index contributed by atoms with van der Waals surface area (Å²) in [5, 5.41) is 0. The molecule has 0 amide bonds. The van der Waals surface area contributed by atoms with Crippen molar-refractivity contribution in [2.24, 2.45) is 0 Å². The normalized spacial score (nSPS) is 8.00. The molecule has 0 aliphatic heterocycles. The zero-order valence-electron chi connectivity index (χ0n) is 4.39. The highest BCUT2D eigenvalue weighted by Gasteiger charge is 1.78. The van der Waals surface area contributed by atoms with E-state index in [0.29, 0.717) is 6.10 Å². The molecule has 0 N–H and O–H groups in total. The number of methoxy groups -OCH3 is 1. The van der Waals surface area contributed by atoms with E-state index in [2.05, 4.69) is 0 Å². The van der Waals surface area contributed by atoms with Gasteiger partial charge in [0.15, 0.2) is 0 Å². The van der Waals surface area contributed by atoms with Gasteiger partial charge >= 0.3 is 0 Å². The Morgan fingerprint density at radius 1 is 1.33 bits per heavy atom. The molecule has 0 bridgehead atoms. The summed E-state index contributed by atoms with van der Waals surface area (Å²) in [5.41, 5.74) is 0. The van der Waals surface area contributed by atoms with Crippen molar-refractivity contribution >= 4 is 0 Å². The van der Waals surface area contributed by atoms with Gasteiger partial charge in [-0.15, -0.1) is 0 Å². The summed E-state index contributed by atoms with van der Waals surface area (Å²) >= 11 is 0. The third-order valence-electron chi connectivity index (χ3n) is 0.471. The van der Waals surface area contributed by atoms with E-state index >= 15 is 0 Å². The third-order valence-corrected chi connectivity index (χ3v) is 0.471. The van der Waals surface area contributed by atoms with Crippen molar-refractivity contribution < 1.29 is 9.44 Å². The van der Waals surface area contributed by atoms with Crippen LogP contribution in [0.3, 0.4) is 0 Å². The average molecular weight is 94.1 g/mol. The molecular weight excluding hydrogens is 83.0 g/mol. The third kappa shape index (κ3) is 9.10. The first-order chi connectivity index (χ1) is 2.27. The topological polar surface area (TPSA) is 9.23 Å². The average Bonchev–Trinajstić information content (AvgIpc) is 1.38. The predicted molar refractivity (Wildman–Crippen MR) is 24.6 cm³/mol. The van der Waals surface area contributed by atoms with Crippen LogP contribution in [0.15, 0.2) is 0 Å². The molecule has 0 heterocycles. The second-order valence-electron chi connectivity index (χ2n) is 1.28. The highest BCUT2D eigenvalue weighted by molar-refractivity contribution is 4.27. The second-order valence-corrected chi connectivity index (χ2v) is 1.28. The van der Waals surface area contributed by atoms with Crippen LogP contribution in [0.5, 0.6) is 0 Å². The van der Waals surface area contributed by atoms with Crippen LogP contribution in [0.25, 0.3) is 0 Å². The van der Waals surface area contributed by atoms with Crippen molar-refractivity contribution in [1.29, 1.82) is 0 Å². The Morgan fingerprint density at radius 2 is 1.50 bits per heavy atom. The zero-order chi connectivity index (χ0) is 4.28. The number of rotatable bonds is 1. The molecule has 0 aromatic rings. The summed E-state index contributed by atoms with van der Waals surface area (Å²) in [4.78, 5) is 0. The summed E-state index contributed by atoms with van der Waals surface area (Å²) in [7, 11) is 1.70. The Kier molecular flexibility index (Phi) is 7.59. The molecule has 40 valence electrons. The molecule has 6 heavy (non-hydrogen) atoms. The Balaban J connectivity index is 0. The molecule has 2 heteroatoms. The van der Waals surface area contributed by atoms with Gasteiger partial charge in [0, 0.05) is 7.11 Å². The van der Waals surface area contributed by atoms with E-state index in [1.807, 2.05) is 13.8 Å². The summed E-state index contributed by atoms with van der Waals surface area (Å²) < 4.78 is 4.75. The van der Waals surface area contributed by atoms with Crippen LogP contribution in [0, 0.1) is 0 Å². The SMILES string of the molecule is COC(C)C.F. The number of ether oxygens (including phenoxy) is 1. The number of hydrogen-bond donors (Lipinski definition) is 0. The lowest BCUT2D eigenvalue weighted by Gasteiger charge is -1.94. The quantitative estimate of drug-likeness (QED) is 0.474. The first kappa shape index (κ1) is 9.31. The smallest absolute Gasteiger partial charge is 0.0515 e. The largest absolute Gasteiger partial charge is 0.382 e. The molecule has 0 atom stereocenters. The van der Waals surface area contributed by atoms with Crippen molar-refractivity contribution in [1.82, 2.24) is 0 Å². The molecule has 0 saturated heterocycles. The Bertz CT molecular complexity index is 21.5. The molecule has 0 saturated carbocycles. The van der Waals surface area contributed by atoms with Gasteiger partial charge in [-0.1, -0.05) is 0 Å². The first-order valence-electron chi connectivity index (χ1n) is 1.80. The monoisotopic (exact) mass is 94.1 g/mol. The van der Waals surface area contributed by atoms with Crippen molar-refractivity contribution in [3.8, 4) is 0 Å². The molecule has 0 fully saturated rings. The van der Waals surface area contributed by atoms with Crippen LogP contribution in [0.1, 0.15) is 13.8 Å². The number of hydrogen-bond acceptors (Lipinski definition) is 1. The van der Waals surface area contributed by atoms with E-state index in [4.69, 9.17) is 4.74 Å².